The standard InChI is InChI=1S/C22H30N2O/c23-16-21(5-2-4-12-25)20-10-9-18-13-17(7-8-19(18)15-20)14-22-6-1-3-11-24-22/h1,3,6,9-11,15,17,21,25H,2,4-5,7-8,12-14,16,23H2/t17?,21-/m0/s1. The first-order valence-electron chi connectivity index (χ1n) is 9.62. The van der Waals surface area contributed by atoms with Crippen LogP contribution in [0.3, 0.4) is 0 Å². The van der Waals surface area contributed by atoms with Gasteiger partial charge in [-0.1, -0.05) is 30.7 Å². The lowest BCUT2D eigenvalue weighted by Crippen LogP contribution is -2.18. The van der Waals surface area contributed by atoms with Crippen LogP contribution in [0.1, 0.15) is 54.0 Å². The van der Waals surface area contributed by atoms with Crippen LogP contribution in [0.2, 0.25) is 0 Å². The molecule has 0 fully saturated rings. The number of nitrogens with zero attached hydrogens (tertiary/aromatic N) is 1. The lowest BCUT2D eigenvalue weighted by atomic mass is 9.79. The highest BCUT2D eigenvalue weighted by molar-refractivity contribution is 5.36. The van der Waals surface area contributed by atoms with E-state index in [9.17, 15) is 0 Å². The summed E-state index contributed by atoms with van der Waals surface area (Å²) in [6, 6.07) is 13.2. The summed E-state index contributed by atoms with van der Waals surface area (Å²) in [7, 11) is 0. The van der Waals surface area contributed by atoms with Crippen LogP contribution in [0.5, 0.6) is 0 Å². The van der Waals surface area contributed by atoms with Gasteiger partial charge in [0, 0.05) is 18.5 Å². The van der Waals surface area contributed by atoms with E-state index in [0.717, 1.165) is 38.5 Å². The summed E-state index contributed by atoms with van der Waals surface area (Å²) in [6.45, 7) is 0.964. The van der Waals surface area contributed by atoms with Gasteiger partial charge in [0.15, 0.2) is 0 Å². The van der Waals surface area contributed by atoms with E-state index >= 15 is 0 Å². The maximum Gasteiger partial charge on any atom is 0.0431 e. The number of aromatic nitrogens is 1. The van der Waals surface area contributed by atoms with Crippen molar-refractivity contribution in [3.8, 4) is 0 Å². The van der Waals surface area contributed by atoms with Crippen molar-refractivity contribution in [2.75, 3.05) is 13.2 Å². The summed E-state index contributed by atoms with van der Waals surface area (Å²) in [5, 5.41) is 8.98. The van der Waals surface area contributed by atoms with E-state index in [4.69, 9.17) is 10.8 Å². The van der Waals surface area contributed by atoms with Crippen LogP contribution in [-0.4, -0.2) is 23.2 Å². The maximum absolute atomic E-state index is 8.98. The lowest BCUT2D eigenvalue weighted by molar-refractivity contribution is 0.281. The van der Waals surface area contributed by atoms with E-state index in [-0.39, 0.29) is 6.61 Å². The Morgan fingerprint density at radius 1 is 1.16 bits per heavy atom. The van der Waals surface area contributed by atoms with Gasteiger partial charge in [-0.25, -0.2) is 0 Å². The number of fused-ring (bicyclic) bond motifs is 1. The third-order valence-corrected chi connectivity index (χ3v) is 5.50. The summed E-state index contributed by atoms with van der Waals surface area (Å²) in [6.07, 6.45) is 9.51. The van der Waals surface area contributed by atoms with Gasteiger partial charge < -0.3 is 10.8 Å². The Hall–Kier alpha value is -1.71. The predicted octanol–water partition coefficient (Wildman–Crippen LogP) is 3.63. The zero-order valence-corrected chi connectivity index (χ0v) is 15.0. The third-order valence-electron chi connectivity index (χ3n) is 5.50. The molecule has 3 N–H and O–H groups in total. The van der Waals surface area contributed by atoms with Gasteiger partial charge in [-0.3, -0.25) is 4.98 Å². The van der Waals surface area contributed by atoms with Gasteiger partial charge >= 0.3 is 0 Å². The maximum atomic E-state index is 8.98. The molecule has 0 aliphatic heterocycles. The van der Waals surface area contributed by atoms with Crippen LogP contribution in [0.15, 0.2) is 42.6 Å². The normalized spacial score (nSPS) is 17.9. The minimum Gasteiger partial charge on any atom is -0.396 e. The molecule has 0 amide bonds. The Morgan fingerprint density at radius 3 is 2.84 bits per heavy atom. The number of rotatable bonds is 8. The minimum atomic E-state index is 0.277. The largest absolute Gasteiger partial charge is 0.396 e. The predicted molar refractivity (Wildman–Crippen MR) is 103 cm³/mol. The molecule has 0 saturated carbocycles. The number of nitrogens with two attached hydrogens (primary N) is 1. The molecule has 0 radical (unpaired) electrons. The minimum absolute atomic E-state index is 0.277. The van der Waals surface area contributed by atoms with Gasteiger partial charge in [-0.05, 0) is 85.7 Å². The van der Waals surface area contributed by atoms with Crippen LogP contribution in [0, 0.1) is 5.92 Å². The third kappa shape index (κ3) is 4.90. The molecule has 25 heavy (non-hydrogen) atoms. The van der Waals surface area contributed by atoms with E-state index in [2.05, 4.69) is 35.3 Å². The fourth-order valence-electron chi connectivity index (χ4n) is 4.02. The first kappa shape index (κ1) is 18.1. The zero-order valence-electron chi connectivity index (χ0n) is 15.0. The molecule has 0 saturated heterocycles. The number of aliphatic hydroxyl groups excluding tert-OH is 1. The average Bonchev–Trinajstić information content (AvgIpc) is 2.66. The van der Waals surface area contributed by atoms with Crippen LogP contribution in [-0.2, 0) is 19.3 Å². The van der Waals surface area contributed by atoms with Crippen molar-refractivity contribution in [2.24, 2.45) is 11.7 Å². The number of pyridine rings is 1. The van der Waals surface area contributed by atoms with E-state index in [0.29, 0.717) is 18.4 Å². The molecule has 1 aromatic heterocycles. The van der Waals surface area contributed by atoms with Crippen LogP contribution < -0.4 is 5.73 Å². The second kappa shape index (κ2) is 9.12. The second-order valence-corrected chi connectivity index (χ2v) is 7.31. The fourth-order valence-corrected chi connectivity index (χ4v) is 4.02. The number of aliphatic hydroxyl groups is 1. The molecule has 2 atom stereocenters. The Bertz CT molecular complexity index is 656. The highest BCUT2D eigenvalue weighted by Gasteiger charge is 2.21. The summed E-state index contributed by atoms with van der Waals surface area (Å²) in [5.74, 6) is 1.12. The Balaban J connectivity index is 1.64. The van der Waals surface area contributed by atoms with Gasteiger partial charge in [-0.15, -0.1) is 0 Å². The van der Waals surface area contributed by atoms with Crippen molar-refractivity contribution < 1.29 is 5.11 Å². The molecule has 1 aliphatic rings. The van der Waals surface area contributed by atoms with Gasteiger partial charge in [0.2, 0.25) is 0 Å². The van der Waals surface area contributed by atoms with Gasteiger partial charge in [0.1, 0.15) is 0 Å². The van der Waals surface area contributed by atoms with Gasteiger partial charge in [-0.2, -0.15) is 0 Å². The molecule has 2 aromatic rings. The molecule has 1 aliphatic carbocycles. The lowest BCUT2D eigenvalue weighted by Gasteiger charge is -2.26. The summed E-state index contributed by atoms with van der Waals surface area (Å²) in [5.41, 5.74) is 11.6. The van der Waals surface area contributed by atoms with E-state index < -0.39 is 0 Å². The molecular weight excluding hydrogens is 308 g/mol. The molecule has 0 spiro atoms. The van der Waals surface area contributed by atoms with Crippen molar-refractivity contribution >= 4 is 0 Å². The second-order valence-electron chi connectivity index (χ2n) is 7.31. The van der Waals surface area contributed by atoms with Crippen LogP contribution in [0.25, 0.3) is 0 Å². The Morgan fingerprint density at radius 2 is 2.08 bits per heavy atom. The molecule has 1 aromatic carbocycles. The summed E-state index contributed by atoms with van der Waals surface area (Å²) < 4.78 is 0. The fraction of sp³-hybridized carbons (Fsp3) is 0.500. The van der Waals surface area contributed by atoms with Crippen molar-refractivity contribution in [3.05, 3.63) is 65.0 Å². The number of hydrogen-bond donors (Lipinski definition) is 2. The van der Waals surface area contributed by atoms with Crippen LogP contribution >= 0.6 is 0 Å². The molecule has 3 nitrogen and oxygen atoms in total. The molecule has 1 heterocycles. The number of hydrogen-bond acceptors (Lipinski definition) is 3. The Labute approximate surface area is 151 Å². The smallest absolute Gasteiger partial charge is 0.0431 e. The van der Waals surface area contributed by atoms with E-state index in [1.54, 1.807) is 0 Å². The summed E-state index contributed by atoms with van der Waals surface area (Å²) in [4.78, 5) is 4.48. The number of unbranched alkanes of at least 4 members (excludes halogenated alkanes) is 1. The van der Waals surface area contributed by atoms with Crippen molar-refractivity contribution in [1.82, 2.24) is 4.98 Å². The van der Waals surface area contributed by atoms with Crippen LogP contribution in [0.4, 0.5) is 0 Å². The molecule has 3 heteroatoms. The first-order valence-corrected chi connectivity index (χ1v) is 9.62. The van der Waals surface area contributed by atoms with Crippen molar-refractivity contribution in [2.45, 2.75) is 50.9 Å². The zero-order chi connectivity index (χ0) is 17.5. The van der Waals surface area contributed by atoms with Crippen molar-refractivity contribution in [1.29, 1.82) is 0 Å². The molecule has 3 rings (SSSR count). The first-order chi connectivity index (χ1) is 12.3. The molecular formula is C22H30N2O. The molecule has 134 valence electrons. The molecule has 1 unspecified atom stereocenters. The SMILES string of the molecule is NC[C@H](CCCCO)c1ccc2c(c1)CCC(Cc1ccccn1)C2. The highest BCUT2D eigenvalue weighted by atomic mass is 16.2. The number of benzene rings is 1. The monoisotopic (exact) mass is 338 g/mol. The van der Waals surface area contributed by atoms with E-state index in [1.807, 2.05) is 12.3 Å². The number of aryl methyl sites for hydroxylation is 1. The quantitative estimate of drug-likeness (QED) is 0.723. The van der Waals surface area contributed by atoms with Crippen molar-refractivity contribution in [3.63, 3.8) is 0 Å². The van der Waals surface area contributed by atoms with Gasteiger partial charge in [0.25, 0.3) is 0 Å². The Kier molecular flexibility index (Phi) is 6.60. The highest BCUT2D eigenvalue weighted by Crippen LogP contribution is 2.31. The summed E-state index contributed by atoms with van der Waals surface area (Å²) >= 11 is 0. The average molecular weight is 338 g/mol. The topological polar surface area (TPSA) is 59.1 Å². The van der Waals surface area contributed by atoms with E-state index in [1.165, 1.54) is 28.8 Å². The van der Waals surface area contributed by atoms with Gasteiger partial charge in [0.05, 0.1) is 0 Å². The molecule has 0 bridgehead atoms.